The Bertz CT molecular complexity index is 1380. The van der Waals surface area contributed by atoms with Gasteiger partial charge in [0.2, 0.25) is 5.82 Å². The third kappa shape index (κ3) is 4.79. The van der Waals surface area contributed by atoms with Gasteiger partial charge in [-0.15, -0.1) is 11.8 Å². The van der Waals surface area contributed by atoms with Crippen molar-refractivity contribution >= 4 is 23.4 Å². The number of carbonyl (C=O) groups is 1. The van der Waals surface area contributed by atoms with Gasteiger partial charge in [-0.05, 0) is 48.4 Å². The van der Waals surface area contributed by atoms with Crippen molar-refractivity contribution in [1.29, 1.82) is 0 Å². The Hall–Kier alpha value is -3.84. The molecule has 4 aromatic rings. The average molecular weight is 497 g/mol. The largest absolute Gasteiger partial charge is 0.334 e. The molecule has 36 heavy (non-hydrogen) atoms. The molecule has 2 amide bonds. The molecule has 0 spiro atoms. The van der Waals surface area contributed by atoms with Gasteiger partial charge in [-0.3, -0.25) is 4.90 Å². The lowest BCUT2D eigenvalue weighted by Gasteiger charge is -2.35. The number of aryl methyl sites for hydroxylation is 1. The Morgan fingerprint density at radius 3 is 2.33 bits per heavy atom. The van der Waals surface area contributed by atoms with Crippen molar-refractivity contribution in [3.05, 3.63) is 107 Å². The van der Waals surface area contributed by atoms with Crippen molar-refractivity contribution in [3.63, 3.8) is 0 Å². The average Bonchev–Trinajstić information content (AvgIpc) is 3.41. The summed E-state index contributed by atoms with van der Waals surface area (Å²) in [6.45, 7) is 4.51. The minimum Gasteiger partial charge on any atom is -0.334 e. The van der Waals surface area contributed by atoms with Crippen LogP contribution in [0.2, 0.25) is 0 Å². The lowest BCUT2D eigenvalue weighted by molar-refractivity contribution is 0.203. The van der Waals surface area contributed by atoms with E-state index in [0.717, 1.165) is 34.4 Å². The molecule has 7 heteroatoms. The number of hydrogen-bond donors (Lipinski definition) is 1. The quantitative estimate of drug-likeness (QED) is 0.288. The molecule has 0 radical (unpaired) electrons. The van der Waals surface area contributed by atoms with E-state index in [1.807, 2.05) is 55.6 Å². The summed E-state index contributed by atoms with van der Waals surface area (Å²) < 4.78 is 5.80. The Balaban J connectivity index is 1.55. The number of carbonyl (C=O) groups excluding carboxylic acids is 1. The van der Waals surface area contributed by atoms with E-state index in [0.29, 0.717) is 18.3 Å². The Labute approximate surface area is 215 Å². The minimum atomic E-state index is -0.399. The van der Waals surface area contributed by atoms with Crippen LogP contribution in [0.1, 0.15) is 42.5 Å². The highest BCUT2D eigenvalue weighted by atomic mass is 32.2. The van der Waals surface area contributed by atoms with Crippen LogP contribution in [0.5, 0.6) is 0 Å². The molecule has 0 fully saturated rings. The summed E-state index contributed by atoms with van der Waals surface area (Å²) in [6.07, 6.45) is 3.02. The van der Waals surface area contributed by atoms with Gasteiger partial charge in [0.25, 0.3) is 5.89 Å². The minimum absolute atomic E-state index is 0.158. The maximum absolute atomic E-state index is 13.3. The Morgan fingerprint density at radius 1 is 0.972 bits per heavy atom. The fraction of sp³-hybridized carbons (Fsp3) is 0.207. The van der Waals surface area contributed by atoms with Crippen LogP contribution >= 0.6 is 11.8 Å². The number of urea groups is 1. The van der Waals surface area contributed by atoms with E-state index >= 15 is 0 Å². The van der Waals surface area contributed by atoms with Crippen LogP contribution in [0, 0.1) is 0 Å². The zero-order chi connectivity index (χ0) is 25.1. The molecule has 0 saturated carbocycles. The second kappa shape index (κ2) is 10.4. The SMILES string of the molecule is CCc1ccc(-c2noc(C3=C(C)N(Cc4ccc(SC)cc4)C(=O)NC3c3ccccc3)n2)cc1. The molecule has 1 N–H and O–H groups in total. The van der Waals surface area contributed by atoms with Crippen LogP contribution in [-0.2, 0) is 13.0 Å². The van der Waals surface area contributed by atoms with Crippen LogP contribution in [0.3, 0.4) is 0 Å². The van der Waals surface area contributed by atoms with Gasteiger partial charge in [0.05, 0.1) is 18.2 Å². The molecule has 1 unspecified atom stereocenters. The number of nitrogens with one attached hydrogen (secondary N) is 1. The molecule has 1 aromatic heterocycles. The fourth-order valence-corrected chi connectivity index (χ4v) is 4.81. The number of benzene rings is 3. The first-order chi connectivity index (χ1) is 17.6. The second-order valence-corrected chi connectivity index (χ2v) is 9.58. The molecule has 2 heterocycles. The third-order valence-electron chi connectivity index (χ3n) is 6.51. The molecule has 3 aromatic carbocycles. The number of nitrogens with zero attached hydrogens (tertiary/aromatic N) is 3. The molecule has 5 rings (SSSR count). The number of hydrogen-bond acceptors (Lipinski definition) is 5. The van der Waals surface area contributed by atoms with E-state index in [2.05, 4.69) is 53.8 Å². The molecule has 0 saturated heterocycles. The van der Waals surface area contributed by atoms with Gasteiger partial charge >= 0.3 is 6.03 Å². The highest BCUT2D eigenvalue weighted by Crippen LogP contribution is 2.38. The van der Waals surface area contributed by atoms with Gasteiger partial charge in [-0.25, -0.2) is 4.79 Å². The Kier molecular flexibility index (Phi) is 6.91. The molecule has 0 bridgehead atoms. The summed E-state index contributed by atoms with van der Waals surface area (Å²) in [6, 6.07) is 25.7. The van der Waals surface area contributed by atoms with E-state index in [-0.39, 0.29) is 6.03 Å². The summed E-state index contributed by atoms with van der Waals surface area (Å²) in [7, 11) is 0. The summed E-state index contributed by atoms with van der Waals surface area (Å²) in [5.74, 6) is 0.925. The maximum atomic E-state index is 13.3. The van der Waals surface area contributed by atoms with Crippen LogP contribution < -0.4 is 5.32 Å². The second-order valence-electron chi connectivity index (χ2n) is 8.70. The van der Waals surface area contributed by atoms with E-state index in [1.54, 1.807) is 16.7 Å². The van der Waals surface area contributed by atoms with Crippen molar-refractivity contribution in [2.24, 2.45) is 0 Å². The molecule has 0 aliphatic carbocycles. The number of aromatic nitrogens is 2. The van der Waals surface area contributed by atoms with Crippen molar-refractivity contribution in [2.45, 2.75) is 37.8 Å². The topological polar surface area (TPSA) is 71.3 Å². The van der Waals surface area contributed by atoms with E-state index in [9.17, 15) is 4.79 Å². The zero-order valence-corrected chi connectivity index (χ0v) is 21.4. The standard InChI is InChI=1S/C29H28N4O2S/c1-4-20-10-14-23(15-11-20)27-31-28(35-32-27)25-19(2)33(18-21-12-16-24(36-3)17-13-21)29(34)30-26(25)22-8-6-5-7-9-22/h5-17,26H,4,18H2,1-3H3,(H,30,34). The summed E-state index contributed by atoms with van der Waals surface area (Å²) in [5, 5.41) is 7.44. The van der Waals surface area contributed by atoms with Crippen LogP contribution in [0.15, 0.2) is 94.0 Å². The predicted molar refractivity (Wildman–Crippen MR) is 143 cm³/mol. The molecule has 182 valence electrons. The fourth-order valence-electron chi connectivity index (χ4n) is 4.40. The van der Waals surface area contributed by atoms with Crippen molar-refractivity contribution < 1.29 is 9.32 Å². The molecule has 1 aliphatic rings. The molecule has 1 atom stereocenters. The molecular formula is C29H28N4O2S. The molecular weight excluding hydrogens is 468 g/mol. The lowest BCUT2D eigenvalue weighted by Crippen LogP contribution is -2.45. The van der Waals surface area contributed by atoms with Crippen molar-refractivity contribution in [1.82, 2.24) is 20.4 Å². The number of thioether (sulfide) groups is 1. The van der Waals surface area contributed by atoms with E-state index in [4.69, 9.17) is 9.51 Å². The van der Waals surface area contributed by atoms with Gasteiger partial charge < -0.3 is 9.84 Å². The monoisotopic (exact) mass is 496 g/mol. The molecule has 1 aliphatic heterocycles. The first kappa shape index (κ1) is 23.9. The third-order valence-corrected chi connectivity index (χ3v) is 7.25. The van der Waals surface area contributed by atoms with Crippen LogP contribution in [-0.4, -0.2) is 27.3 Å². The maximum Gasteiger partial charge on any atom is 0.322 e. The summed E-state index contributed by atoms with van der Waals surface area (Å²) in [5.41, 5.74) is 5.73. The zero-order valence-electron chi connectivity index (χ0n) is 20.6. The van der Waals surface area contributed by atoms with Gasteiger partial charge in [0, 0.05) is 16.2 Å². The van der Waals surface area contributed by atoms with Gasteiger partial charge in [0.15, 0.2) is 0 Å². The van der Waals surface area contributed by atoms with Crippen molar-refractivity contribution in [3.8, 4) is 11.4 Å². The number of rotatable bonds is 7. The lowest BCUT2D eigenvalue weighted by atomic mass is 9.94. The van der Waals surface area contributed by atoms with Gasteiger partial charge in [-0.1, -0.05) is 78.8 Å². The van der Waals surface area contributed by atoms with E-state index < -0.39 is 6.04 Å². The highest BCUT2D eigenvalue weighted by Gasteiger charge is 2.35. The number of allylic oxidation sites excluding steroid dienone is 1. The summed E-state index contributed by atoms with van der Waals surface area (Å²) in [4.78, 5) is 21.0. The van der Waals surface area contributed by atoms with Crippen LogP contribution in [0.4, 0.5) is 4.79 Å². The predicted octanol–water partition coefficient (Wildman–Crippen LogP) is 6.72. The molecule has 6 nitrogen and oxygen atoms in total. The van der Waals surface area contributed by atoms with Crippen LogP contribution in [0.25, 0.3) is 17.0 Å². The Morgan fingerprint density at radius 2 is 1.67 bits per heavy atom. The van der Waals surface area contributed by atoms with Gasteiger partial charge in [0.1, 0.15) is 0 Å². The summed E-state index contributed by atoms with van der Waals surface area (Å²) >= 11 is 1.69. The first-order valence-electron chi connectivity index (χ1n) is 12.0. The van der Waals surface area contributed by atoms with Gasteiger partial charge in [-0.2, -0.15) is 4.98 Å². The van der Waals surface area contributed by atoms with Crippen molar-refractivity contribution in [2.75, 3.05) is 6.26 Å². The smallest absolute Gasteiger partial charge is 0.322 e. The highest BCUT2D eigenvalue weighted by molar-refractivity contribution is 7.98. The van der Waals surface area contributed by atoms with E-state index in [1.165, 1.54) is 10.5 Å². The number of amides is 2. The first-order valence-corrected chi connectivity index (χ1v) is 13.2. The normalized spacial score (nSPS) is 15.8.